The summed E-state index contributed by atoms with van der Waals surface area (Å²) < 4.78 is 15.6. The molecule has 29 heavy (non-hydrogen) atoms. The molecule has 0 saturated carbocycles. The van der Waals surface area contributed by atoms with Gasteiger partial charge in [0.15, 0.2) is 0 Å². The highest BCUT2D eigenvalue weighted by molar-refractivity contribution is 5.86. The number of nitrogens with zero attached hydrogens (tertiary/aromatic N) is 1. The quantitative estimate of drug-likeness (QED) is 0.488. The number of carbonyl (C=O) groups excluding carboxylic acids is 1. The summed E-state index contributed by atoms with van der Waals surface area (Å²) in [4.78, 5) is 12.8. The van der Waals surface area contributed by atoms with Gasteiger partial charge in [0.05, 0.1) is 0 Å². The second-order valence-electron chi connectivity index (χ2n) is 7.28. The van der Waals surface area contributed by atoms with Crippen molar-refractivity contribution in [3.05, 3.63) is 108 Å². The molecule has 3 aromatic carbocycles. The highest BCUT2D eigenvalue weighted by Crippen LogP contribution is 2.34. The Morgan fingerprint density at radius 1 is 0.966 bits per heavy atom. The zero-order valence-corrected chi connectivity index (χ0v) is 16.3. The summed E-state index contributed by atoms with van der Waals surface area (Å²) in [6.45, 7) is 0.491. The van der Waals surface area contributed by atoms with Crippen molar-refractivity contribution in [2.24, 2.45) is 7.05 Å². The van der Waals surface area contributed by atoms with Gasteiger partial charge >= 0.3 is 0 Å². The van der Waals surface area contributed by atoms with E-state index in [4.69, 9.17) is 0 Å². The van der Waals surface area contributed by atoms with Gasteiger partial charge in [-0.05, 0) is 34.9 Å². The number of aromatic nitrogens is 1. The van der Waals surface area contributed by atoms with E-state index in [1.54, 1.807) is 12.1 Å². The zero-order chi connectivity index (χ0) is 20.2. The van der Waals surface area contributed by atoms with Crippen molar-refractivity contribution in [1.82, 2.24) is 9.88 Å². The number of nitrogens with one attached hydrogen (secondary N) is 1. The van der Waals surface area contributed by atoms with Gasteiger partial charge in [0.25, 0.3) is 0 Å². The molecule has 1 heterocycles. The molecule has 0 fully saturated rings. The molecule has 3 nitrogen and oxygen atoms in total. The fourth-order valence-electron chi connectivity index (χ4n) is 3.81. The number of aryl methyl sites for hydroxylation is 1. The highest BCUT2D eigenvalue weighted by atomic mass is 19.1. The molecule has 1 amide bonds. The van der Waals surface area contributed by atoms with Crippen LogP contribution in [0, 0.1) is 5.82 Å². The smallest absolute Gasteiger partial charge is 0.221 e. The summed E-state index contributed by atoms with van der Waals surface area (Å²) in [5.41, 5.74) is 4.17. The molecule has 0 bridgehead atoms. The fourth-order valence-corrected chi connectivity index (χ4v) is 3.81. The first kappa shape index (κ1) is 18.9. The zero-order valence-electron chi connectivity index (χ0n) is 16.3. The Kier molecular flexibility index (Phi) is 5.43. The Morgan fingerprint density at radius 2 is 1.66 bits per heavy atom. The second-order valence-corrected chi connectivity index (χ2v) is 7.28. The van der Waals surface area contributed by atoms with E-state index in [0.29, 0.717) is 13.0 Å². The summed E-state index contributed by atoms with van der Waals surface area (Å²) in [7, 11) is 2.00. The van der Waals surface area contributed by atoms with E-state index in [9.17, 15) is 9.18 Å². The lowest BCUT2D eigenvalue weighted by molar-refractivity contribution is -0.121. The van der Waals surface area contributed by atoms with Crippen molar-refractivity contribution in [3.63, 3.8) is 0 Å². The maximum atomic E-state index is 13.5. The largest absolute Gasteiger partial charge is 0.352 e. The average Bonchev–Trinajstić information content (AvgIpc) is 3.09. The molecule has 1 atom stereocenters. The number of fused-ring (bicyclic) bond motifs is 1. The molecule has 1 aromatic heterocycles. The molecule has 0 saturated heterocycles. The van der Waals surface area contributed by atoms with Crippen molar-refractivity contribution in [2.75, 3.05) is 0 Å². The molecule has 0 aliphatic carbocycles. The standard InChI is InChI=1S/C25H23FN2O/c1-28-17-23(21-9-5-6-10-24(21)28)22(19-11-13-20(26)14-12-19)15-25(29)27-16-18-7-3-2-4-8-18/h2-14,17,22H,15-16H2,1H3,(H,27,29). The number of para-hydroxylation sites is 1. The van der Waals surface area contributed by atoms with Gasteiger partial charge in [-0.1, -0.05) is 60.7 Å². The molecule has 4 heteroatoms. The predicted octanol–water partition coefficient (Wildman–Crippen LogP) is 5.16. The number of amides is 1. The summed E-state index contributed by atoms with van der Waals surface area (Å²) in [5, 5.41) is 4.13. The number of halogens is 1. The van der Waals surface area contributed by atoms with Gasteiger partial charge in [-0.25, -0.2) is 4.39 Å². The van der Waals surface area contributed by atoms with Crippen LogP contribution in [0.25, 0.3) is 10.9 Å². The highest BCUT2D eigenvalue weighted by Gasteiger charge is 2.22. The van der Waals surface area contributed by atoms with E-state index < -0.39 is 0 Å². The second kappa shape index (κ2) is 8.31. The minimum Gasteiger partial charge on any atom is -0.352 e. The number of hydrogen-bond donors (Lipinski definition) is 1. The van der Waals surface area contributed by atoms with Crippen molar-refractivity contribution in [3.8, 4) is 0 Å². The van der Waals surface area contributed by atoms with Gasteiger partial charge in [-0.2, -0.15) is 0 Å². The van der Waals surface area contributed by atoms with Crippen LogP contribution in [0.1, 0.15) is 29.0 Å². The monoisotopic (exact) mass is 386 g/mol. The molecule has 0 spiro atoms. The third-order valence-electron chi connectivity index (χ3n) is 5.30. The van der Waals surface area contributed by atoms with Crippen LogP contribution >= 0.6 is 0 Å². The summed E-state index contributed by atoms with van der Waals surface area (Å²) in [6, 6.07) is 24.4. The van der Waals surface area contributed by atoms with E-state index in [2.05, 4.69) is 28.2 Å². The van der Waals surface area contributed by atoms with Crippen molar-refractivity contribution < 1.29 is 9.18 Å². The minimum absolute atomic E-state index is 0.0314. The lowest BCUT2D eigenvalue weighted by atomic mass is 9.88. The number of hydrogen-bond acceptors (Lipinski definition) is 1. The maximum absolute atomic E-state index is 13.5. The Morgan fingerprint density at radius 3 is 2.41 bits per heavy atom. The Bertz CT molecular complexity index is 1120. The summed E-state index contributed by atoms with van der Waals surface area (Å²) >= 11 is 0. The molecule has 4 rings (SSSR count). The first-order valence-electron chi connectivity index (χ1n) is 9.72. The molecule has 4 aromatic rings. The van der Waals surface area contributed by atoms with Crippen molar-refractivity contribution >= 4 is 16.8 Å². The van der Waals surface area contributed by atoms with Gasteiger partial charge in [0, 0.05) is 43.0 Å². The van der Waals surface area contributed by atoms with Crippen LogP contribution < -0.4 is 5.32 Å². The number of carbonyl (C=O) groups is 1. The molecule has 0 aliphatic rings. The van der Waals surface area contributed by atoms with Gasteiger partial charge in [0.1, 0.15) is 5.82 Å². The van der Waals surface area contributed by atoms with Gasteiger partial charge in [-0.15, -0.1) is 0 Å². The van der Waals surface area contributed by atoms with Gasteiger partial charge < -0.3 is 9.88 Å². The molecule has 1 N–H and O–H groups in total. The number of rotatable bonds is 6. The Balaban J connectivity index is 1.63. The molecule has 1 unspecified atom stereocenters. The van der Waals surface area contributed by atoms with E-state index in [1.807, 2.05) is 49.5 Å². The Labute approximate surface area is 169 Å². The van der Waals surface area contributed by atoms with Crippen molar-refractivity contribution in [1.29, 1.82) is 0 Å². The van der Waals surface area contributed by atoms with Gasteiger partial charge in [0.2, 0.25) is 5.91 Å². The van der Waals surface area contributed by atoms with Crippen LogP contribution in [0.4, 0.5) is 4.39 Å². The third-order valence-corrected chi connectivity index (χ3v) is 5.30. The topological polar surface area (TPSA) is 34.0 Å². The normalized spacial score (nSPS) is 12.1. The molecule has 0 aliphatic heterocycles. The molecular weight excluding hydrogens is 363 g/mol. The number of benzene rings is 3. The van der Waals surface area contributed by atoms with Crippen LogP contribution in [-0.2, 0) is 18.4 Å². The Hall–Kier alpha value is -3.40. The maximum Gasteiger partial charge on any atom is 0.221 e. The van der Waals surface area contributed by atoms with Crippen LogP contribution in [-0.4, -0.2) is 10.5 Å². The summed E-state index contributed by atoms with van der Waals surface area (Å²) in [5.74, 6) is -0.465. The van der Waals surface area contributed by atoms with Crippen LogP contribution in [0.3, 0.4) is 0 Å². The van der Waals surface area contributed by atoms with E-state index >= 15 is 0 Å². The molecular formula is C25H23FN2O. The van der Waals surface area contributed by atoms with Crippen LogP contribution in [0.2, 0.25) is 0 Å². The first-order chi connectivity index (χ1) is 14.1. The third kappa shape index (κ3) is 4.21. The van der Waals surface area contributed by atoms with Crippen molar-refractivity contribution in [2.45, 2.75) is 18.9 Å². The fraction of sp³-hybridized carbons (Fsp3) is 0.160. The first-order valence-corrected chi connectivity index (χ1v) is 9.72. The van der Waals surface area contributed by atoms with Crippen LogP contribution in [0.15, 0.2) is 85.1 Å². The average molecular weight is 386 g/mol. The molecule has 0 radical (unpaired) electrons. The van der Waals surface area contributed by atoms with Gasteiger partial charge in [-0.3, -0.25) is 4.79 Å². The molecule has 146 valence electrons. The summed E-state index contributed by atoms with van der Waals surface area (Å²) in [6.07, 6.45) is 2.37. The van der Waals surface area contributed by atoms with E-state index in [1.165, 1.54) is 12.1 Å². The lowest BCUT2D eigenvalue weighted by Gasteiger charge is -2.17. The van der Waals surface area contributed by atoms with Crippen LogP contribution in [0.5, 0.6) is 0 Å². The van der Waals surface area contributed by atoms with E-state index in [0.717, 1.165) is 27.6 Å². The lowest BCUT2D eigenvalue weighted by Crippen LogP contribution is -2.25. The van der Waals surface area contributed by atoms with E-state index in [-0.39, 0.29) is 17.6 Å². The predicted molar refractivity (Wildman–Crippen MR) is 114 cm³/mol. The minimum atomic E-state index is -0.279. The SMILES string of the molecule is Cn1cc(C(CC(=O)NCc2ccccc2)c2ccc(F)cc2)c2ccccc21.